The van der Waals surface area contributed by atoms with E-state index in [4.69, 9.17) is 9.29 Å². The lowest BCUT2D eigenvalue weighted by Gasteiger charge is -2.38. The molecule has 0 aromatic heterocycles. The van der Waals surface area contributed by atoms with Gasteiger partial charge in [-0.05, 0) is 50.2 Å². The lowest BCUT2D eigenvalue weighted by molar-refractivity contribution is -0.456. The van der Waals surface area contributed by atoms with Crippen LogP contribution in [0.15, 0.2) is 17.4 Å². The van der Waals surface area contributed by atoms with Crippen LogP contribution in [0.25, 0.3) is 0 Å². The summed E-state index contributed by atoms with van der Waals surface area (Å²) in [6, 6.07) is 0. The molecule has 0 aromatic rings. The average Bonchev–Trinajstić information content (AvgIpc) is 2.59. The maximum absolute atomic E-state index is 13.7. The molecule has 2 bridgehead atoms. The highest BCUT2D eigenvalue weighted by Gasteiger charge is 2.73. The zero-order valence-corrected chi connectivity index (χ0v) is 16.8. The molecule has 0 spiro atoms. The van der Waals surface area contributed by atoms with Gasteiger partial charge in [0.15, 0.2) is 0 Å². The van der Waals surface area contributed by atoms with Crippen molar-refractivity contribution in [1.29, 1.82) is 0 Å². The monoisotopic (exact) mass is 488 g/mol. The van der Waals surface area contributed by atoms with Gasteiger partial charge in [0.05, 0.1) is 6.61 Å². The Morgan fingerprint density at radius 3 is 2.35 bits per heavy atom. The van der Waals surface area contributed by atoms with E-state index >= 15 is 0 Å². The van der Waals surface area contributed by atoms with Crippen LogP contribution in [0.3, 0.4) is 0 Å². The summed E-state index contributed by atoms with van der Waals surface area (Å²) in [4.78, 5) is 0. The molecule has 0 saturated heterocycles. The molecule has 1 saturated carbocycles. The van der Waals surface area contributed by atoms with Crippen LogP contribution in [0, 0.1) is 5.41 Å². The van der Waals surface area contributed by atoms with E-state index < -0.39 is 53.0 Å². The summed E-state index contributed by atoms with van der Waals surface area (Å²) >= 11 is 0. The Balaban J connectivity index is 1.89. The van der Waals surface area contributed by atoms with Crippen molar-refractivity contribution in [3.63, 3.8) is 0 Å². The van der Waals surface area contributed by atoms with Crippen molar-refractivity contribution in [2.45, 2.75) is 68.3 Å². The zero-order chi connectivity index (χ0) is 23.8. The van der Waals surface area contributed by atoms with Gasteiger partial charge < -0.3 is 4.74 Å². The van der Waals surface area contributed by atoms with Crippen LogP contribution in [0.2, 0.25) is 0 Å². The molecular weight excluding hydrogens is 468 g/mol. The fraction of sp³-hybridized carbons (Fsp3) is 0.824. The van der Waals surface area contributed by atoms with Crippen LogP contribution >= 0.6 is 0 Å². The maximum Gasteiger partial charge on any atom is 0.460 e. The molecule has 0 amide bonds. The average molecular weight is 488 g/mol. The summed E-state index contributed by atoms with van der Waals surface area (Å²) in [7, 11) is -6.94. The fourth-order valence-electron chi connectivity index (χ4n) is 3.47. The largest absolute Gasteiger partial charge is 0.460 e. The number of ether oxygens (including phenoxy) is 2. The Labute approximate surface area is 172 Å². The van der Waals surface area contributed by atoms with Gasteiger partial charge in [-0.2, -0.15) is 43.5 Å². The summed E-state index contributed by atoms with van der Waals surface area (Å²) in [6.45, 7) is -0.278. The zero-order valence-electron chi connectivity index (χ0n) is 16.0. The summed E-state index contributed by atoms with van der Waals surface area (Å²) < 4.78 is 143. The van der Waals surface area contributed by atoms with Gasteiger partial charge in [0.25, 0.3) is 0 Å². The Morgan fingerprint density at radius 2 is 1.74 bits per heavy atom. The van der Waals surface area contributed by atoms with E-state index in [0.29, 0.717) is 12.8 Å². The maximum atomic E-state index is 13.7. The third-order valence-corrected chi connectivity index (χ3v) is 6.03. The standard InChI is InChI=1S/C17H20F8O5S/c18-14(19,15(20,21)30-16(22,23)17(24,25)31(26,27)28)8-3-9-29-11-13-6-1-4-12(10-13)5-2-7-13/h1H,2-3,5-11H2,(H,26,27,28). The molecule has 1 N–H and O–H groups in total. The van der Waals surface area contributed by atoms with E-state index in [1.165, 1.54) is 0 Å². The highest BCUT2D eigenvalue weighted by atomic mass is 32.2. The minimum absolute atomic E-state index is 0.159. The number of fused-ring (bicyclic) bond motifs is 2. The third kappa shape index (κ3) is 5.59. The van der Waals surface area contributed by atoms with Crippen LogP contribution in [-0.4, -0.2) is 49.6 Å². The van der Waals surface area contributed by atoms with Gasteiger partial charge in [0.1, 0.15) is 0 Å². The molecule has 2 rings (SSSR count). The third-order valence-electron chi connectivity index (χ3n) is 5.15. The van der Waals surface area contributed by atoms with Crippen molar-refractivity contribution < 1.29 is 57.6 Å². The predicted octanol–water partition coefficient (Wildman–Crippen LogP) is 5.15. The van der Waals surface area contributed by atoms with Crippen molar-refractivity contribution in [1.82, 2.24) is 0 Å². The summed E-state index contributed by atoms with van der Waals surface area (Å²) in [5.74, 6) is -5.36. The molecule has 1 unspecified atom stereocenters. The lowest BCUT2D eigenvalue weighted by Crippen LogP contribution is -2.55. The van der Waals surface area contributed by atoms with Gasteiger partial charge in [-0.25, -0.2) is 4.74 Å². The first-order chi connectivity index (χ1) is 13.9. The van der Waals surface area contributed by atoms with Crippen LogP contribution in [0.5, 0.6) is 0 Å². The molecule has 2 aliphatic rings. The highest BCUT2D eigenvalue weighted by molar-refractivity contribution is 7.86. The van der Waals surface area contributed by atoms with E-state index in [2.05, 4.69) is 10.5 Å². The fourth-order valence-corrected chi connectivity index (χ4v) is 3.82. The molecule has 0 radical (unpaired) electrons. The van der Waals surface area contributed by atoms with Gasteiger partial charge in [0, 0.05) is 18.4 Å². The van der Waals surface area contributed by atoms with Gasteiger partial charge in [-0.15, -0.1) is 5.73 Å². The lowest BCUT2D eigenvalue weighted by atomic mass is 9.69. The van der Waals surface area contributed by atoms with Crippen molar-refractivity contribution in [2.24, 2.45) is 5.41 Å². The number of hydrogen-bond donors (Lipinski definition) is 1. The molecule has 0 aliphatic heterocycles. The van der Waals surface area contributed by atoms with Gasteiger partial charge in [-0.3, -0.25) is 4.55 Å². The van der Waals surface area contributed by atoms with Gasteiger partial charge in [-0.1, -0.05) is 0 Å². The highest BCUT2D eigenvalue weighted by Crippen LogP contribution is 2.48. The molecule has 1 atom stereocenters. The van der Waals surface area contributed by atoms with Crippen LogP contribution < -0.4 is 0 Å². The molecular formula is C17H20F8O5S. The smallest absolute Gasteiger partial charge is 0.381 e. The molecule has 1 fully saturated rings. The minimum Gasteiger partial charge on any atom is -0.381 e. The van der Waals surface area contributed by atoms with Crippen molar-refractivity contribution in [2.75, 3.05) is 13.2 Å². The first kappa shape index (κ1) is 26.0. The summed E-state index contributed by atoms with van der Waals surface area (Å²) in [5.41, 5.74) is 3.99. The minimum atomic E-state index is -6.94. The molecule has 31 heavy (non-hydrogen) atoms. The molecule has 14 heteroatoms. The van der Waals surface area contributed by atoms with Crippen LogP contribution in [0.4, 0.5) is 35.1 Å². The van der Waals surface area contributed by atoms with Gasteiger partial charge >= 0.3 is 33.5 Å². The van der Waals surface area contributed by atoms with E-state index in [9.17, 15) is 43.5 Å². The second-order valence-electron chi connectivity index (χ2n) is 7.67. The second kappa shape index (κ2) is 8.62. The normalized spacial score (nSPS) is 23.1. The molecule has 5 nitrogen and oxygen atoms in total. The van der Waals surface area contributed by atoms with E-state index in [0.717, 1.165) is 24.8 Å². The second-order valence-corrected chi connectivity index (χ2v) is 9.14. The van der Waals surface area contributed by atoms with Crippen molar-refractivity contribution >= 4 is 10.1 Å². The Morgan fingerprint density at radius 1 is 1.10 bits per heavy atom. The topological polar surface area (TPSA) is 72.8 Å². The first-order valence-corrected chi connectivity index (χ1v) is 10.6. The molecule has 0 aromatic carbocycles. The molecule has 180 valence electrons. The number of alkyl halides is 8. The van der Waals surface area contributed by atoms with E-state index in [1.807, 2.05) is 6.08 Å². The quantitative estimate of drug-likeness (QED) is 0.189. The Bertz CT molecular complexity index is 835. The van der Waals surface area contributed by atoms with Crippen LogP contribution in [-0.2, 0) is 19.6 Å². The first-order valence-electron chi connectivity index (χ1n) is 9.14. The Kier molecular flexibility index (Phi) is 7.24. The number of rotatable bonds is 11. The Hall–Kier alpha value is -1.21. The number of halogens is 8. The van der Waals surface area contributed by atoms with Crippen molar-refractivity contribution in [3.05, 3.63) is 17.4 Å². The van der Waals surface area contributed by atoms with Crippen molar-refractivity contribution in [3.8, 4) is 0 Å². The van der Waals surface area contributed by atoms with E-state index in [1.54, 1.807) is 0 Å². The van der Waals surface area contributed by atoms with Gasteiger partial charge in [0.2, 0.25) is 0 Å². The number of hydrogen-bond acceptors (Lipinski definition) is 4. The van der Waals surface area contributed by atoms with Crippen LogP contribution in [0.1, 0.15) is 44.9 Å². The van der Waals surface area contributed by atoms with E-state index in [-0.39, 0.29) is 12.0 Å². The predicted molar refractivity (Wildman–Crippen MR) is 89.6 cm³/mol. The number of allylic oxidation sites excluding steroid dienone is 1. The summed E-state index contributed by atoms with van der Waals surface area (Å²) in [6.07, 6.45) is -9.52. The SMILES string of the molecule is O=S(=O)(O)C(F)(F)C(F)(F)OC(F)(F)C(F)(F)CCCOCC12CC=C=C(CCC1)C2. The molecule has 0 heterocycles. The molecule has 2 aliphatic carbocycles. The summed E-state index contributed by atoms with van der Waals surface area (Å²) in [5, 5.41) is -6.58.